The summed E-state index contributed by atoms with van der Waals surface area (Å²) in [5.41, 5.74) is 0.0329. The molecule has 1 aliphatic rings. The van der Waals surface area contributed by atoms with Crippen molar-refractivity contribution in [2.24, 2.45) is 5.92 Å². The zero-order valence-corrected chi connectivity index (χ0v) is 12.5. The maximum atomic E-state index is 6.24. The summed E-state index contributed by atoms with van der Waals surface area (Å²) in [6.45, 7) is 10.6. The van der Waals surface area contributed by atoms with Gasteiger partial charge >= 0.3 is 0 Å². The van der Waals surface area contributed by atoms with E-state index < -0.39 is 0 Å². The van der Waals surface area contributed by atoms with Gasteiger partial charge in [-0.15, -0.1) is 11.6 Å². The van der Waals surface area contributed by atoms with Gasteiger partial charge in [0.05, 0.1) is 0 Å². The van der Waals surface area contributed by atoms with Crippen molar-refractivity contribution in [3.63, 3.8) is 0 Å². The molecule has 5 heteroatoms. The number of nitrogens with zero attached hydrogens (tertiary/aromatic N) is 3. The van der Waals surface area contributed by atoms with E-state index in [2.05, 4.69) is 42.0 Å². The Balaban J connectivity index is 2.11. The minimum absolute atomic E-state index is 0.0329. The van der Waals surface area contributed by atoms with Crippen molar-refractivity contribution in [2.45, 2.75) is 44.9 Å². The number of rotatable bonds is 1. The minimum Gasteiger partial charge on any atom is -0.346 e. The van der Waals surface area contributed by atoms with E-state index in [9.17, 15) is 0 Å². The SMILES string of the molecule is CC1CN(c2nc(C(C)(C)C)ns2)CCC1Cl. The molecule has 0 aliphatic carbocycles. The predicted octanol–water partition coefficient (Wildman–Crippen LogP) is 3.29. The van der Waals surface area contributed by atoms with Gasteiger partial charge in [-0.1, -0.05) is 27.7 Å². The molecule has 0 N–H and O–H groups in total. The molecule has 0 saturated carbocycles. The molecule has 0 aromatic carbocycles. The van der Waals surface area contributed by atoms with Crippen LogP contribution in [0.5, 0.6) is 0 Å². The Bertz CT molecular complexity index is 385. The average Bonchev–Trinajstić information content (AvgIpc) is 2.70. The van der Waals surface area contributed by atoms with Gasteiger partial charge in [0.1, 0.15) is 5.82 Å². The van der Waals surface area contributed by atoms with Crippen molar-refractivity contribution in [3.8, 4) is 0 Å². The van der Waals surface area contributed by atoms with E-state index in [1.54, 1.807) is 0 Å². The fourth-order valence-corrected chi connectivity index (χ4v) is 3.01. The third-order valence-electron chi connectivity index (χ3n) is 3.16. The number of hydrogen-bond acceptors (Lipinski definition) is 4. The van der Waals surface area contributed by atoms with Gasteiger partial charge in [0, 0.05) is 35.4 Å². The molecule has 0 radical (unpaired) electrons. The molecule has 1 aliphatic heterocycles. The zero-order chi connectivity index (χ0) is 12.6. The van der Waals surface area contributed by atoms with Crippen LogP contribution in [0.25, 0.3) is 0 Å². The van der Waals surface area contributed by atoms with E-state index >= 15 is 0 Å². The summed E-state index contributed by atoms with van der Waals surface area (Å²) in [6, 6.07) is 0. The van der Waals surface area contributed by atoms with E-state index in [0.717, 1.165) is 30.5 Å². The number of aromatic nitrogens is 2. The second-order valence-corrected chi connectivity index (χ2v) is 7.17. The van der Waals surface area contributed by atoms with Gasteiger partial charge in [0.25, 0.3) is 0 Å². The topological polar surface area (TPSA) is 29.0 Å². The fraction of sp³-hybridized carbons (Fsp3) is 0.833. The maximum Gasteiger partial charge on any atom is 0.205 e. The third kappa shape index (κ3) is 2.91. The van der Waals surface area contributed by atoms with Crippen LogP contribution in [0.4, 0.5) is 5.13 Å². The number of alkyl halides is 1. The second kappa shape index (κ2) is 4.73. The normalized spacial score (nSPS) is 26.3. The number of piperidine rings is 1. The van der Waals surface area contributed by atoms with Crippen molar-refractivity contribution in [2.75, 3.05) is 18.0 Å². The minimum atomic E-state index is 0.0329. The Morgan fingerprint density at radius 3 is 2.65 bits per heavy atom. The van der Waals surface area contributed by atoms with E-state index in [-0.39, 0.29) is 5.41 Å². The van der Waals surface area contributed by atoms with Crippen molar-refractivity contribution in [1.29, 1.82) is 0 Å². The Morgan fingerprint density at radius 2 is 2.12 bits per heavy atom. The summed E-state index contributed by atoms with van der Waals surface area (Å²) in [5, 5.41) is 1.35. The van der Waals surface area contributed by atoms with Crippen molar-refractivity contribution in [1.82, 2.24) is 9.36 Å². The Labute approximate surface area is 112 Å². The molecule has 2 atom stereocenters. The quantitative estimate of drug-likeness (QED) is 0.736. The molecule has 0 bridgehead atoms. The van der Waals surface area contributed by atoms with Crippen LogP contribution in [0.3, 0.4) is 0 Å². The van der Waals surface area contributed by atoms with Gasteiger partial charge in [0.2, 0.25) is 5.13 Å². The molecule has 3 nitrogen and oxygen atoms in total. The number of halogens is 1. The predicted molar refractivity (Wildman–Crippen MR) is 74.2 cm³/mol. The summed E-state index contributed by atoms with van der Waals surface area (Å²) in [4.78, 5) is 6.97. The largest absolute Gasteiger partial charge is 0.346 e. The molecule has 1 aromatic rings. The lowest BCUT2D eigenvalue weighted by molar-refractivity contribution is 0.453. The molecule has 17 heavy (non-hydrogen) atoms. The summed E-state index contributed by atoms with van der Waals surface area (Å²) >= 11 is 7.75. The summed E-state index contributed by atoms with van der Waals surface area (Å²) < 4.78 is 4.46. The van der Waals surface area contributed by atoms with Gasteiger partial charge in [-0.05, 0) is 12.3 Å². The highest BCUT2D eigenvalue weighted by Crippen LogP contribution is 2.29. The number of anilines is 1. The molecule has 1 saturated heterocycles. The van der Waals surface area contributed by atoms with Crippen molar-refractivity contribution in [3.05, 3.63) is 5.82 Å². The Hall–Kier alpha value is -0.350. The highest BCUT2D eigenvalue weighted by molar-refractivity contribution is 7.09. The van der Waals surface area contributed by atoms with Crippen molar-refractivity contribution >= 4 is 28.3 Å². The highest BCUT2D eigenvalue weighted by Gasteiger charge is 2.27. The first-order valence-electron chi connectivity index (χ1n) is 6.11. The summed E-state index contributed by atoms with van der Waals surface area (Å²) in [6.07, 6.45) is 1.03. The molecular weight excluding hydrogens is 254 g/mol. The Morgan fingerprint density at radius 1 is 1.41 bits per heavy atom. The van der Waals surface area contributed by atoms with E-state index in [4.69, 9.17) is 11.6 Å². The zero-order valence-electron chi connectivity index (χ0n) is 10.9. The molecule has 1 aromatic heterocycles. The van der Waals surface area contributed by atoms with Crippen LogP contribution in [-0.4, -0.2) is 27.8 Å². The van der Waals surface area contributed by atoms with Gasteiger partial charge in [-0.25, -0.2) is 4.98 Å². The van der Waals surface area contributed by atoms with Crippen LogP contribution < -0.4 is 4.90 Å². The lowest BCUT2D eigenvalue weighted by Gasteiger charge is -2.33. The molecule has 0 spiro atoms. The lowest BCUT2D eigenvalue weighted by atomic mass is 9.96. The third-order valence-corrected chi connectivity index (χ3v) is 4.58. The van der Waals surface area contributed by atoms with Crippen molar-refractivity contribution < 1.29 is 0 Å². The maximum absolute atomic E-state index is 6.24. The highest BCUT2D eigenvalue weighted by atomic mass is 35.5. The van der Waals surface area contributed by atoms with Gasteiger partial charge in [-0.2, -0.15) is 4.37 Å². The molecule has 2 heterocycles. The molecule has 1 fully saturated rings. The average molecular weight is 274 g/mol. The monoisotopic (exact) mass is 273 g/mol. The standard InChI is InChI=1S/C12H20ClN3S/c1-8-7-16(6-5-9(8)13)11-14-10(15-17-11)12(2,3)4/h8-9H,5-7H2,1-4H3. The molecular formula is C12H20ClN3S. The first-order valence-corrected chi connectivity index (χ1v) is 7.32. The molecule has 0 amide bonds. The second-order valence-electron chi connectivity index (χ2n) is 5.88. The van der Waals surface area contributed by atoms with E-state index in [1.165, 1.54) is 11.5 Å². The van der Waals surface area contributed by atoms with Crippen LogP contribution in [0.15, 0.2) is 0 Å². The number of hydrogen-bond donors (Lipinski definition) is 0. The molecule has 2 rings (SSSR count). The first kappa shape index (κ1) is 13.1. The Kier molecular flexibility index (Phi) is 3.64. The lowest BCUT2D eigenvalue weighted by Crippen LogP contribution is -2.39. The summed E-state index contributed by atoms with van der Waals surface area (Å²) in [7, 11) is 0. The van der Waals surface area contributed by atoms with Crippen LogP contribution in [-0.2, 0) is 5.41 Å². The molecule has 2 unspecified atom stereocenters. The van der Waals surface area contributed by atoms with Gasteiger partial charge in [0.15, 0.2) is 0 Å². The first-order chi connectivity index (χ1) is 7.88. The van der Waals surface area contributed by atoms with Crippen LogP contribution in [0, 0.1) is 5.92 Å². The van der Waals surface area contributed by atoms with E-state index in [1.807, 2.05) is 0 Å². The van der Waals surface area contributed by atoms with E-state index in [0.29, 0.717) is 11.3 Å². The van der Waals surface area contributed by atoms with Crippen LogP contribution in [0.2, 0.25) is 0 Å². The van der Waals surface area contributed by atoms with Crippen LogP contribution in [0.1, 0.15) is 39.9 Å². The molecule has 96 valence electrons. The summed E-state index contributed by atoms with van der Waals surface area (Å²) in [5.74, 6) is 1.46. The van der Waals surface area contributed by atoms with Gasteiger partial charge < -0.3 is 4.90 Å². The fourth-order valence-electron chi connectivity index (χ4n) is 1.94. The smallest absolute Gasteiger partial charge is 0.205 e. The van der Waals surface area contributed by atoms with Gasteiger partial charge in [-0.3, -0.25) is 0 Å². The van der Waals surface area contributed by atoms with Crippen LogP contribution >= 0.6 is 23.1 Å².